The van der Waals surface area contributed by atoms with Gasteiger partial charge in [0.15, 0.2) is 5.13 Å². The second-order valence-electron chi connectivity index (χ2n) is 6.96. The Kier molecular flexibility index (Phi) is 7.49. The fourth-order valence-electron chi connectivity index (χ4n) is 4.34. The summed E-state index contributed by atoms with van der Waals surface area (Å²) in [6.45, 7) is 4.29. The van der Waals surface area contributed by atoms with Gasteiger partial charge in [-0.1, -0.05) is 0 Å². The van der Waals surface area contributed by atoms with Crippen molar-refractivity contribution in [2.24, 2.45) is 23.5 Å². The number of nitrogens with one attached hydrogen (secondary N) is 1. The molecule has 1 amide bonds. The maximum atomic E-state index is 12.6. The largest absolute Gasteiger partial charge is 0.379 e. The van der Waals surface area contributed by atoms with Gasteiger partial charge in [-0.3, -0.25) is 9.69 Å². The Labute approximate surface area is 164 Å². The summed E-state index contributed by atoms with van der Waals surface area (Å²) >= 11 is 1.50. The second-order valence-corrected chi connectivity index (χ2v) is 7.82. The molecule has 4 unspecified atom stereocenters. The summed E-state index contributed by atoms with van der Waals surface area (Å²) in [4.78, 5) is 19.5. The van der Waals surface area contributed by atoms with E-state index in [-0.39, 0.29) is 42.7 Å². The van der Waals surface area contributed by atoms with E-state index >= 15 is 0 Å². The van der Waals surface area contributed by atoms with Crippen LogP contribution < -0.4 is 11.1 Å². The van der Waals surface area contributed by atoms with E-state index in [2.05, 4.69) is 15.2 Å². The van der Waals surface area contributed by atoms with Crippen molar-refractivity contribution in [3.63, 3.8) is 0 Å². The van der Waals surface area contributed by atoms with E-state index in [0.717, 1.165) is 51.4 Å². The lowest BCUT2D eigenvalue weighted by atomic mass is 9.84. The average Bonchev–Trinajstić information content (AvgIpc) is 3.25. The molecule has 1 aromatic rings. The number of carbonyl (C=O) groups excluding carboxylic acids is 1. The van der Waals surface area contributed by atoms with Gasteiger partial charge in [-0.05, 0) is 31.1 Å². The number of aromatic nitrogens is 1. The van der Waals surface area contributed by atoms with E-state index in [0.29, 0.717) is 17.0 Å². The molecule has 3 aliphatic rings. The Morgan fingerprint density at radius 3 is 2.72 bits per heavy atom. The van der Waals surface area contributed by atoms with Crippen LogP contribution in [0, 0.1) is 17.8 Å². The molecule has 1 aliphatic heterocycles. The third kappa shape index (κ3) is 4.46. The van der Waals surface area contributed by atoms with Crippen LogP contribution in [0.4, 0.5) is 5.13 Å². The van der Waals surface area contributed by atoms with Gasteiger partial charge in [0.25, 0.3) is 0 Å². The van der Waals surface area contributed by atoms with Crippen molar-refractivity contribution in [2.75, 3.05) is 31.6 Å². The van der Waals surface area contributed by atoms with Gasteiger partial charge in [0.05, 0.1) is 24.8 Å². The van der Waals surface area contributed by atoms with E-state index in [1.54, 1.807) is 0 Å². The predicted molar refractivity (Wildman–Crippen MR) is 104 cm³/mol. The van der Waals surface area contributed by atoms with Crippen molar-refractivity contribution in [1.29, 1.82) is 0 Å². The van der Waals surface area contributed by atoms with Crippen LogP contribution >= 0.6 is 36.2 Å². The summed E-state index contributed by atoms with van der Waals surface area (Å²) in [5.74, 6) is 1.06. The highest BCUT2D eigenvalue weighted by atomic mass is 35.5. The van der Waals surface area contributed by atoms with Crippen LogP contribution in [0.15, 0.2) is 5.38 Å². The second kappa shape index (κ2) is 8.97. The molecule has 2 saturated carbocycles. The first kappa shape index (κ1) is 20.9. The minimum atomic E-state index is -0.0275. The molecule has 1 saturated heterocycles. The highest BCUT2D eigenvalue weighted by Crippen LogP contribution is 2.47. The number of nitrogens with two attached hydrogens (primary N) is 1. The first-order chi connectivity index (χ1) is 11.2. The summed E-state index contributed by atoms with van der Waals surface area (Å²) in [6.07, 6.45) is 3.46. The molecule has 3 N–H and O–H groups in total. The summed E-state index contributed by atoms with van der Waals surface area (Å²) in [5, 5.41) is 5.74. The monoisotopic (exact) mass is 408 g/mol. The van der Waals surface area contributed by atoms with Gasteiger partial charge < -0.3 is 15.8 Å². The molecule has 4 atom stereocenters. The number of nitrogens with zero attached hydrogens (tertiary/aromatic N) is 2. The van der Waals surface area contributed by atoms with Crippen molar-refractivity contribution in [1.82, 2.24) is 9.88 Å². The lowest BCUT2D eigenvalue weighted by molar-refractivity contribution is -0.121. The fraction of sp³-hybridized carbons (Fsp3) is 0.750. The molecule has 6 nitrogen and oxygen atoms in total. The number of hydrogen-bond acceptors (Lipinski definition) is 6. The molecule has 9 heteroatoms. The van der Waals surface area contributed by atoms with E-state index in [9.17, 15) is 4.79 Å². The van der Waals surface area contributed by atoms with Crippen molar-refractivity contribution in [2.45, 2.75) is 31.8 Å². The van der Waals surface area contributed by atoms with Crippen molar-refractivity contribution >= 4 is 47.2 Å². The Bertz CT molecular complexity index is 580. The molecule has 0 aromatic carbocycles. The van der Waals surface area contributed by atoms with Crippen LogP contribution in [0.2, 0.25) is 0 Å². The number of thiazole rings is 1. The molecule has 3 fully saturated rings. The summed E-state index contributed by atoms with van der Waals surface area (Å²) < 4.78 is 5.36. The number of fused-ring (bicyclic) bond motifs is 2. The SMILES string of the molecule is Cl.Cl.NC1C2CCC(C2)C1C(=O)Nc1nc(CN2CCOCC2)cs1. The number of hydrogen-bond donors (Lipinski definition) is 2. The summed E-state index contributed by atoms with van der Waals surface area (Å²) in [5.41, 5.74) is 7.27. The van der Waals surface area contributed by atoms with Gasteiger partial charge in [0, 0.05) is 31.1 Å². The van der Waals surface area contributed by atoms with Crippen molar-refractivity contribution in [3.8, 4) is 0 Å². The Balaban J connectivity index is 0.00000113. The molecule has 142 valence electrons. The minimum absolute atomic E-state index is 0. The molecular formula is C16H26Cl2N4O2S. The highest BCUT2D eigenvalue weighted by molar-refractivity contribution is 7.13. The van der Waals surface area contributed by atoms with Crippen molar-refractivity contribution < 1.29 is 9.53 Å². The van der Waals surface area contributed by atoms with Gasteiger partial charge in [-0.2, -0.15) is 0 Å². The average molecular weight is 409 g/mol. The Hall–Kier alpha value is -0.440. The third-order valence-electron chi connectivity index (χ3n) is 5.55. The normalized spacial score (nSPS) is 31.2. The lowest BCUT2D eigenvalue weighted by Crippen LogP contribution is -2.42. The highest BCUT2D eigenvalue weighted by Gasteiger charge is 2.49. The van der Waals surface area contributed by atoms with Crippen LogP contribution in [-0.4, -0.2) is 48.1 Å². The molecule has 4 rings (SSSR count). The standard InChI is InChI=1S/C16H24N4O2S.2ClH/c17-14-11-2-1-10(7-11)13(14)15(21)19-16-18-12(9-23-16)8-20-3-5-22-6-4-20;;/h9-11,13-14H,1-8,17H2,(H,18,19,21);2*1H. The van der Waals surface area contributed by atoms with Gasteiger partial charge in [0.1, 0.15) is 0 Å². The predicted octanol–water partition coefficient (Wildman–Crippen LogP) is 2.13. The number of halogens is 2. The lowest BCUT2D eigenvalue weighted by Gasteiger charge is -2.26. The van der Waals surface area contributed by atoms with Crippen LogP contribution in [0.5, 0.6) is 0 Å². The fourth-order valence-corrected chi connectivity index (χ4v) is 5.04. The smallest absolute Gasteiger partial charge is 0.231 e. The van der Waals surface area contributed by atoms with Crippen LogP contribution in [0.1, 0.15) is 25.0 Å². The zero-order valence-corrected chi connectivity index (χ0v) is 16.5. The Morgan fingerprint density at radius 1 is 1.32 bits per heavy atom. The van der Waals surface area contributed by atoms with E-state index in [4.69, 9.17) is 10.5 Å². The molecule has 1 aromatic heterocycles. The zero-order chi connectivity index (χ0) is 15.8. The van der Waals surface area contributed by atoms with Crippen LogP contribution in [-0.2, 0) is 16.1 Å². The van der Waals surface area contributed by atoms with Gasteiger partial charge in [-0.25, -0.2) is 4.98 Å². The van der Waals surface area contributed by atoms with E-state index in [1.807, 2.05) is 5.38 Å². The molecule has 2 heterocycles. The number of carbonyl (C=O) groups is 1. The van der Waals surface area contributed by atoms with E-state index < -0.39 is 0 Å². The molecule has 0 radical (unpaired) electrons. The molecular weight excluding hydrogens is 383 g/mol. The first-order valence-corrected chi connectivity index (χ1v) is 9.39. The molecule has 25 heavy (non-hydrogen) atoms. The minimum Gasteiger partial charge on any atom is -0.379 e. The molecule has 2 bridgehead atoms. The van der Waals surface area contributed by atoms with Gasteiger partial charge in [0.2, 0.25) is 5.91 Å². The molecule has 2 aliphatic carbocycles. The summed E-state index contributed by atoms with van der Waals surface area (Å²) in [7, 11) is 0. The number of rotatable bonds is 4. The van der Waals surface area contributed by atoms with Crippen molar-refractivity contribution in [3.05, 3.63) is 11.1 Å². The summed E-state index contributed by atoms with van der Waals surface area (Å²) in [6, 6.07) is 0.0292. The zero-order valence-electron chi connectivity index (χ0n) is 14.1. The maximum absolute atomic E-state index is 12.6. The Morgan fingerprint density at radius 2 is 2.04 bits per heavy atom. The topological polar surface area (TPSA) is 80.5 Å². The van der Waals surface area contributed by atoms with Crippen LogP contribution in [0.25, 0.3) is 0 Å². The van der Waals surface area contributed by atoms with E-state index in [1.165, 1.54) is 17.8 Å². The van der Waals surface area contributed by atoms with Crippen LogP contribution in [0.3, 0.4) is 0 Å². The maximum Gasteiger partial charge on any atom is 0.231 e. The molecule has 0 spiro atoms. The van der Waals surface area contributed by atoms with Gasteiger partial charge in [-0.15, -0.1) is 36.2 Å². The number of anilines is 1. The van der Waals surface area contributed by atoms with Gasteiger partial charge >= 0.3 is 0 Å². The first-order valence-electron chi connectivity index (χ1n) is 8.51. The number of amides is 1. The number of morpholine rings is 1. The quantitative estimate of drug-likeness (QED) is 0.797. The third-order valence-corrected chi connectivity index (χ3v) is 6.36. The number of ether oxygens (including phenoxy) is 1.